The number of rotatable bonds is 4. The SMILES string of the molecule is COC(=O)C(=O)C(C(=O)OC)=P1(c2c(C)cc(C(C)(C)C)cc2C(C)(C)C)C=C(C)CC1. The van der Waals surface area contributed by atoms with Gasteiger partial charge >= 0.3 is 11.9 Å². The Morgan fingerprint density at radius 3 is 1.84 bits per heavy atom. The fraction of sp³-hybridized carbons (Fsp3) is 0.538. The number of carbonyl (C=O) groups is 3. The molecule has 0 saturated carbocycles. The molecule has 0 aliphatic carbocycles. The van der Waals surface area contributed by atoms with Crippen LogP contribution < -0.4 is 5.30 Å². The molecule has 1 atom stereocenters. The van der Waals surface area contributed by atoms with Crippen molar-refractivity contribution in [2.24, 2.45) is 0 Å². The fourth-order valence-corrected chi connectivity index (χ4v) is 9.40. The molecule has 0 saturated heterocycles. The Morgan fingerprint density at radius 1 is 0.875 bits per heavy atom. The molecule has 1 heterocycles. The molecule has 6 heteroatoms. The van der Waals surface area contributed by atoms with Crippen LogP contribution >= 0.6 is 6.89 Å². The van der Waals surface area contributed by atoms with Crippen LogP contribution in [0.2, 0.25) is 0 Å². The molecule has 0 amide bonds. The summed E-state index contributed by atoms with van der Waals surface area (Å²) in [6.45, 7) is 14.3. The predicted octanol–water partition coefficient (Wildman–Crippen LogP) is 4.63. The van der Waals surface area contributed by atoms with E-state index in [0.29, 0.717) is 6.16 Å². The van der Waals surface area contributed by atoms with Gasteiger partial charge in [-0.2, -0.15) is 0 Å². The molecule has 1 unspecified atom stereocenters. The van der Waals surface area contributed by atoms with Crippen molar-refractivity contribution in [3.8, 4) is 0 Å². The average molecular weight is 461 g/mol. The number of ketones is 1. The number of esters is 2. The van der Waals surface area contributed by atoms with Crippen LogP contribution in [0.25, 0.3) is 0 Å². The van der Waals surface area contributed by atoms with Gasteiger partial charge in [-0.15, -0.1) is 0 Å². The Hall–Kier alpha value is -2.13. The van der Waals surface area contributed by atoms with E-state index >= 15 is 0 Å². The largest absolute Gasteiger partial charge is 0.465 e. The lowest BCUT2D eigenvalue weighted by Crippen LogP contribution is -2.37. The number of aryl methyl sites for hydroxylation is 1. The highest BCUT2D eigenvalue weighted by atomic mass is 31.2. The Morgan fingerprint density at radius 2 is 1.44 bits per heavy atom. The summed E-state index contributed by atoms with van der Waals surface area (Å²) in [5, 5.41) is 0.938. The number of hydrogen-bond donors (Lipinski definition) is 0. The van der Waals surface area contributed by atoms with Crippen LogP contribution in [-0.4, -0.2) is 43.4 Å². The smallest absolute Gasteiger partial charge is 0.379 e. The summed E-state index contributed by atoms with van der Waals surface area (Å²) >= 11 is 0. The van der Waals surface area contributed by atoms with Gasteiger partial charge in [-0.3, -0.25) is 4.79 Å². The first kappa shape index (κ1) is 26.1. The van der Waals surface area contributed by atoms with Crippen molar-refractivity contribution in [3.05, 3.63) is 40.2 Å². The summed E-state index contributed by atoms with van der Waals surface area (Å²) in [4.78, 5) is 38.6. The second-order valence-corrected chi connectivity index (χ2v) is 14.0. The van der Waals surface area contributed by atoms with Gasteiger partial charge < -0.3 is 9.47 Å². The van der Waals surface area contributed by atoms with Gasteiger partial charge in [-0.1, -0.05) is 65.1 Å². The number of Topliss-reactive ketones (excluding diaryl/α,β-unsaturated/α-hetero) is 1. The number of allylic oxidation sites excluding steroid dienone is 1. The molecular weight excluding hydrogens is 423 g/mol. The fourth-order valence-electron chi connectivity index (χ4n) is 4.36. The Bertz CT molecular complexity index is 1050. The molecule has 176 valence electrons. The van der Waals surface area contributed by atoms with Crippen LogP contribution in [0.3, 0.4) is 0 Å². The summed E-state index contributed by atoms with van der Waals surface area (Å²) in [7, 11) is 2.40. The van der Waals surface area contributed by atoms with Crippen molar-refractivity contribution in [2.45, 2.75) is 72.6 Å². The number of benzene rings is 1. The third-order valence-corrected chi connectivity index (χ3v) is 10.4. The van der Waals surface area contributed by atoms with Crippen LogP contribution in [0.4, 0.5) is 0 Å². The van der Waals surface area contributed by atoms with Crippen molar-refractivity contribution in [1.29, 1.82) is 0 Å². The quantitative estimate of drug-likeness (QED) is 0.284. The molecule has 32 heavy (non-hydrogen) atoms. The highest BCUT2D eigenvalue weighted by Crippen LogP contribution is 2.58. The molecule has 1 aromatic carbocycles. The first-order chi connectivity index (χ1) is 14.6. The van der Waals surface area contributed by atoms with E-state index in [1.54, 1.807) is 0 Å². The third-order valence-electron chi connectivity index (χ3n) is 6.04. The highest BCUT2D eigenvalue weighted by molar-refractivity contribution is 7.89. The van der Waals surface area contributed by atoms with Gasteiger partial charge in [-0.25, -0.2) is 9.59 Å². The standard InChI is InChI=1S/C26H37O5P/c1-16-11-12-32(15-16,22(24(29)31-10)20(27)23(28)30-9)21-17(2)13-18(25(3,4)5)14-19(21)26(6,7)8/h13-15H,11-12H2,1-10H3. The maximum atomic E-state index is 13.2. The van der Waals surface area contributed by atoms with Gasteiger partial charge in [0, 0.05) is 0 Å². The third kappa shape index (κ3) is 4.78. The van der Waals surface area contributed by atoms with Crippen LogP contribution in [0, 0.1) is 6.92 Å². The van der Waals surface area contributed by atoms with E-state index in [4.69, 9.17) is 9.47 Å². The highest BCUT2D eigenvalue weighted by Gasteiger charge is 2.41. The van der Waals surface area contributed by atoms with Crippen molar-refractivity contribution >= 4 is 35.2 Å². The average Bonchev–Trinajstić information content (AvgIpc) is 3.06. The van der Waals surface area contributed by atoms with Gasteiger partial charge in [0.2, 0.25) is 0 Å². The van der Waals surface area contributed by atoms with E-state index in [0.717, 1.165) is 35.5 Å². The molecule has 0 spiro atoms. The van der Waals surface area contributed by atoms with Gasteiger partial charge in [0.05, 0.1) is 14.2 Å². The van der Waals surface area contributed by atoms with Gasteiger partial charge in [-0.05, 0) is 66.1 Å². The molecule has 1 aromatic rings. The van der Waals surface area contributed by atoms with E-state index < -0.39 is 24.6 Å². The number of methoxy groups -OCH3 is 2. The molecule has 1 aliphatic heterocycles. The van der Waals surface area contributed by atoms with Crippen LogP contribution in [-0.2, 0) is 34.7 Å². The zero-order chi connectivity index (χ0) is 24.6. The maximum Gasteiger partial charge on any atom is 0.379 e. The zero-order valence-electron chi connectivity index (χ0n) is 21.1. The van der Waals surface area contributed by atoms with Gasteiger partial charge in [0.15, 0.2) is 0 Å². The summed E-state index contributed by atoms with van der Waals surface area (Å²) in [5.41, 5.74) is 4.13. The maximum absolute atomic E-state index is 13.2. The minimum absolute atomic E-state index is 0.0624. The molecule has 0 N–H and O–H groups in total. The molecule has 0 bridgehead atoms. The first-order valence-electron chi connectivity index (χ1n) is 10.9. The second kappa shape index (κ2) is 9.02. The lowest BCUT2D eigenvalue weighted by Gasteiger charge is -2.34. The molecule has 1 aliphatic rings. The molecule has 2 rings (SSSR count). The van der Waals surface area contributed by atoms with Crippen molar-refractivity contribution in [3.63, 3.8) is 0 Å². The monoisotopic (exact) mass is 460 g/mol. The number of hydrogen-bond acceptors (Lipinski definition) is 5. The normalized spacial score (nSPS) is 18.8. The predicted molar refractivity (Wildman–Crippen MR) is 132 cm³/mol. The van der Waals surface area contributed by atoms with E-state index in [1.807, 2.05) is 13.8 Å². The van der Waals surface area contributed by atoms with Crippen LogP contribution in [0.5, 0.6) is 0 Å². The second-order valence-electron chi connectivity index (χ2n) is 10.7. The van der Waals surface area contributed by atoms with Gasteiger partial charge in [0.25, 0.3) is 5.78 Å². The van der Waals surface area contributed by atoms with E-state index in [1.165, 1.54) is 12.7 Å². The van der Waals surface area contributed by atoms with Crippen LogP contribution in [0.1, 0.15) is 71.6 Å². The molecule has 0 radical (unpaired) electrons. The number of carbonyl (C=O) groups excluding carboxylic acids is 3. The van der Waals surface area contributed by atoms with Crippen molar-refractivity contribution < 1.29 is 23.9 Å². The minimum Gasteiger partial charge on any atom is -0.465 e. The molecule has 0 aromatic heterocycles. The topological polar surface area (TPSA) is 69.7 Å². The lowest BCUT2D eigenvalue weighted by atomic mass is 9.79. The van der Waals surface area contributed by atoms with Crippen molar-refractivity contribution in [2.75, 3.05) is 20.4 Å². The summed E-state index contributed by atoms with van der Waals surface area (Å²) < 4.78 is 9.79. The van der Waals surface area contributed by atoms with E-state index in [2.05, 4.69) is 59.5 Å². The summed E-state index contributed by atoms with van der Waals surface area (Å²) in [5.74, 6) is -0.616. The molecule has 0 fully saturated rings. The van der Waals surface area contributed by atoms with Crippen LogP contribution in [0.15, 0.2) is 23.5 Å². The van der Waals surface area contributed by atoms with Crippen molar-refractivity contribution in [1.82, 2.24) is 0 Å². The Labute approximate surface area is 192 Å². The first-order valence-corrected chi connectivity index (χ1v) is 12.9. The van der Waals surface area contributed by atoms with E-state index in [9.17, 15) is 14.4 Å². The summed E-state index contributed by atoms with van der Waals surface area (Å²) in [6, 6.07) is 4.37. The Kier molecular flexibility index (Phi) is 7.36. The zero-order valence-corrected chi connectivity index (χ0v) is 22.0. The minimum atomic E-state index is -2.68. The van der Waals surface area contributed by atoms with E-state index in [-0.39, 0.29) is 16.1 Å². The summed E-state index contributed by atoms with van der Waals surface area (Å²) in [6.07, 6.45) is 1.37. The lowest BCUT2D eigenvalue weighted by molar-refractivity contribution is -0.149. The number of ether oxygens (including phenoxy) is 2. The Balaban J connectivity index is 3.18. The molecule has 5 nitrogen and oxygen atoms in total. The molecular formula is C26H37O5P. The van der Waals surface area contributed by atoms with Gasteiger partial charge in [0.1, 0.15) is 5.29 Å².